The number of hydrogen-bond donors (Lipinski definition) is 0. The summed E-state index contributed by atoms with van der Waals surface area (Å²) >= 11 is 3.02. The third-order valence-electron chi connectivity index (χ3n) is 2.74. The molecule has 5 heteroatoms. The van der Waals surface area contributed by atoms with Crippen LogP contribution in [0.25, 0.3) is 0 Å². The molecular weight excluding hydrogens is 283 g/mol. The predicted molar refractivity (Wildman–Crippen MR) is 58.8 cm³/mol. The molecule has 2 rings (SSSR count). The van der Waals surface area contributed by atoms with Crippen molar-refractivity contribution in [1.29, 1.82) is 0 Å². The molecule has 0 aliphatic carbocycles. The highest BCUT2D eigenvalue weighted by Gasteiger charge is 2.23. The van der Waals surface area contributed by atoms with Crippen LogP contribution in [-0.2, 0) is 6.54 Å². The Balaban J connectivity index is 2.18. The molecule has 1 atom stereocenters. The number of likely N-dealkylation sites (tertiary alicyclic amines) is 1. The van der Waals surface area contributed by atoms with Gasteiger partial charge in [0.15, 0.2) is 0 Å². The Bertz CT molecular complexity index is 397. The summed E-state index contributed by atoms with van der Waals surface area (Å²) in [6, 6.07) is 2.17. The first kappa shape index (κ1) is 11.9. The van der Waals surface area contributed by atoms with Gasteiger partial charge in [0, 0.05) is 25.2 Å². The minimum absolute atomic E-state index is 0.134. The zero-order chi connectivity index (χ0) is 11.7. The molecule has 1 aliphatic heterocycles. The zero-order valence-electron chi connectivity index (χ0n) is 8.52. The minimum atomic E-state index is -0.851. The average molecular weight is 294 g/mol. The fourth-order valence-corrected chi connectivity index (χ4v) is 2.31. The van der Waals surface area contributed by atoms with Gasteiger partial charge in [-0.1, -0.05) is 0 Å². The molecule has 0 unspecified atom stereocenters. The Morgan fingerprint density at radius 2 is 2.00 bits per heavy atom. The maximum absolute atomic E-state index is 13.5. The van der Waals surface area contributed by atoms with E-state index in [0.717, 1.165) is 12.1 Å². The number of rotatable bonds is 2. The van der Waals surface area contributed by atoms with Gasteiger partial charge in [0.2, 0.25) is 0 Å². The molecule has 0 amide bonds. The first-order valence-electron chi connectivity index (χ1n) is 5.06. The Kier molecular flexibility index (Phi) is 3.54. The summed E-state index contributed by atoms with van der Waals surface area (Å²) < 4.78 is 39.7. The van der Waals surface area contributed by atoms with Gasteiger partial charge in [-0.25, -0.2) is 13.2 Å². The summed E-state index contributed by atoms with van der Waals surface area (Å²) in [4.78, 5) is 1.78. The van der Waals surface area contributed by atoms with Gasteiger partial charge < -0.3 is 0 Å². The quantitative estimate of drug-likeness (QED) is 0.757. The number of nitrogens with zero attached hydrogens (tertiary/aromatic N) is 1. The molecule has 1 saturated heterocycles. The highest BCUT2D eigenvalue weighted by atomic mass is 79.9. The second kappa shape index (κ2) is 4.75. The normalized spacial score (nSPS) is 21.6. The molecule has 1 nitrogen and oxygen atoms in total. The van der Waals surface area contributed by atoms with Crippen LogP contribution in [0.1, 0.15) is 12.0 Å². The van der Waals surface area contributed by atoms with Crippen molar-refractivity contribution in [2.75, 3.05) is 13.1 Å². The van der Waals surface area contributed by atoms with Crippen LogP contribution in [0.15, 0.2) is 16.6 Å². The Labute approximate surface area is 100 Å². The van der Waals surface area contributed by atoms with Crippen molar-refractivity contribution in [2.45, 2.75) is 19.1 Å². The Morgan fingerprint density at radius 1 is 1.31 bits per heavy atom. The van der Waals surface area contributed by atoms with Crippen LogP contribution in [0, 0.1) is 11.6 Å². The van der Waals surface area contributed by atoms with Crippen molar-refractivity contribution >= 4 is 15.9 Å². The molecule has 0 bridgehead atoms. The summed E-state index contributed by atoms with van der Waals surface area (Å²) in [6.07, 6.45) is -0.385. The Morgan fingerprint density at radius 3 is 2.62 bits per heavy atom. The van der Waals surface area contributed by atoms with Crippen LogP contribution in [0.4, 0.5) is 13.2 Å². The molecule has 1 aliphatic rings. The van der Waals surface area contributed by atoms with E-state index in [-0.39, 0.29) is 16.6 Å². The van der Waals surface area contributed by atoms with E-state index in [1.807, 2.05) is 0 Å². The topological polar surface area (TPSA) is 3.24 Å². The molecule has 0 spiro atoms. The monoisotopic (exact) mass is 293 g/mol. The molecule has 0 radical (unpaired) electrons. The molecule has 0 saturated carbocycles. The van der Waals surface area contributed by atoms with E-state index in [2.05, 4.69) is 15.9 Å². The maximum Gasteiger partial charge on any atom is 0.137 e. The number of alkyl halides is 1. The van der Waals surface area contributed by atoms with E-state index in [1.54, 1.807) is 4.90 Å². The first-order chi connectivity index (χ1) is 7.58. The van der Waals surface area contributed by atoms with E-state index < -0.39 is 17.8 Å². The van der Waals surface area contributed by atoms with Gasteiger partial charge in [-0.05, 0) is 34.5 Å². The number of hydrogen-bond acceptors (Lipinski definition) is 1. The largest absolute Gasteiger partial charge is 0.296 e. The SMILES string of the molecule is Fc1ccc(F)c(CN2CC[C@H](F)C2)c1Br. The molecule has 1 fully saturated rings. The summed E-state index contributed by atoms with van der Waals surface area (Å²) in [7, 11) is 0. The summed E-state index contributed by atoms with van der Waals surface area (Å²) in [6.45, 7) is 1.12. The lowest BCUT2D eigenvalue weighted by molar-refractivity contribution is 0.278. The van der Waals surface area contributed by atoms with E-state index in [1.165, 1.54) is 0 Å². The molecule has 1 heterocycles. The lowest BCUT2D eigenvalue weighted by Gasteiger charge is -2.16. The molecule has 1 aromatic rings. The van der Waals surface area contributed by atoms with E-state index in [0.29, 0.717) is 19.5 Å². The highest BCUT2D eigenvalue weighted by Crippen LogP contribution is 2.26. The van der Waals surface area contributed by atoms with E-state index in [9.17, 15) is 13.2 Å². The summed E-state index contributed by atoms with van der Waals surface area (Å²) in [5.74, 6) is -0.956. The van der Waals surface area contributed by atoms with Crippen LogP contribution >= 0.6 is 15.9 Å². The lowest BCUT2D eigenvalue weighted by Crippen LogP contribution is -2.21. The highest BCUT2D eigenvalue weighted by molar-refractivity contribution is 9.10. The van der Waals surface area contributed by atoms with Crippen molar-refractivity contribution in [3.8, 4) is 0 Å². The molecule has 0 N–H and O–H groups in total. The molecule has 88 valence electrons. The molecule has 1 aromatic carbocycles. The third-order valence-corrected chi connectivity index (χ3v) is 3.59. The minimum Gasteiger partial charge on any atom is -0.296 e. The van der Waals surface area contributed by atoms with Crippen molar-refractivity contribution in [3.05, 3.63) is 33.8 Å². The fraction of sp³-hybridized carbons (Fsp3) is 0.455. The van der Waals surface area contributed by atoms with Crippen LogP contribution < -0.4 is 0 Å². The van der Waals surface area contributed by atoms with Gasteiger partial charge >= 0.3 is 0 Å². The fourth-order valence-electron chi connectivity index (χ4n) is 1.87. The predicted octanol–water partition coefficient (Wildman–Crippen LogP) is 3.27. The van der Waals surface area contributed by atoms with Gasteiger partial charge in [0.1, 0.15) is 17.8 Å². The van der Waals surface area contributed by atoms with Crippen LogP contribution in [0.3, 0.4) is 0 Å². The number of benzene rings is 1. The van der Waals surface area contributed by atoms with Gasteiger partial charge in [0.05, 0.1) is 4.47 Å². The standard InChI is InChI=1S/C11H11BrF3N/c12-11-8(9(14)1-2-10(11)15)6-16-4-3-7(13)5-16/h1-2,7H,3-6H2/t7-/m0/s1. The van der Waals surface area contributed by atoms with E-state index >= 15 is 0 Å². The second-order valence-electron chi connectivity index (χ2n) is 3.94. The van der Waals surface area contributed by atoms with Gasteiger partial charge in [-0.15, -0.1) is 0 Å². The van der Waals surface area contributed by atoms with E-state index in [4.69, 9.17) is 0 Å². The lowest BCUT2D eigenvalue weighted by atomic mass is 10.2. The number of halogens is 4. The molecule has 0 aromatic heterocycles. The maximum atomic E-state index is 13.5. The average Bonchev–Trinajstić information content (AvgIpc) is 2.65. The zero-order valence-corrected chi connectivity index (χ0v) is 10.1. The van der Waals surface area contributed by atoms with Gasteiger partial charge in [-0.2, -0.15) is 0 Å². The van der Waals surface area contributed by atoms with Crippen LogP contribution in [0.5, 0.6) is 0 Å². The third kappa shape index (κ3) is 2.40. The summed E-state index contributed by atoms with van der Waals surface area (Å²) in [5, 5.41) is 0. The van der Waals surface area contributed by atoms with Crippen LogP contribution in [0.2, 0.25) is 0 Å². The van der Waals surface area contributed by atoms with Crippen molar-refractivity contribution in [1.82, 2.24) is 4.90 Å². The Hall–Kier alpha value is -0.550. The van der Waals surface area contributed by atoms with Crippen molar-refractivity contribution < 1.29 is 13.2 Å². The van der Waals surface area contributed by atoms with Crippen molar-refractivity contribution in [3.63, 3.8) is 0 Å². The first-order valence-corrected chi connectivity index (χ1v) is 5.86. The smallest absolute Gasteiger partial charge is 0.137 e. The summed E-state index contributed by atoms with van der Waals surface area (Å²) in [5.41, 5.74) is 0.258. The molecule has 16 heavy (non-hydrogen) atoms. The van der Waals surface area contributed by atoms with Crippen molar-refractivity contribution in [2.24, 2.45) is 0 Å². The molecular formula is C11H11BrF3N. The second-order valence-corrected chi connectivity index (χ2v) is 4.74. The van der Waals surface area contributed by atoms with Crippen LogP contribution in [-0.4, -0.2) is 24.2 Å². The van der Waals surface area contributed by atoms with Gasteiger partial charge in [-0.3, -0.25) is 4.90 Å². The van der Waals surface area contributed by atoms with Gasteiger partial charge in [0.25, 0.3) is 0 Å².